The standard InChI is InChI=1S/C10H9F2N3S/c11-9(12)5-2-6-16-8-4-1-3-7-10(8)14-15-13-7/h1,3-5H,2,6H2,(H,13,14,15). The van der Waals surface area contributed by atoms with Crippen LogP contribution in [0.5, 0.6) is 0 Å². The van der Waals surface area contributed by atoms with Gasteiger partial charge in [-0.2, -0.15) is 24.2 Å². The van der Waals surface area contributed by atoms with E-state index in [1.54, 1.807) is 0 Å². The molecule has 0 bridgehead atoms. The Morgan fingerprint density at radius 3 is 3.06 bits per heavy atom. The molecule has 3 nitrogen and oxygen atoms in total. The number of allylic oxidation sites excluding steroid dienone is 1. The van der Waals surface area contributed by atoms with Gasteiger partial charge in [0.2, 0.25) is 0 Å². The summed E-state index contributed by atoms with van der Waals surface area (Å²) in [4.78, 5) is 0.957. The fourth-order valence-corrected chi connectivity index (χ4v) is 2.21. The predicted octanol–water partition coefficient (Wildman–Crippen LogP) is 3.22. The van der Waals surface area contributed by atoms with E-state index < -0.39 is 6.08 Å². The van der Waals surface area contributed by atoms with Crippen LogP contribution < -0.4 is 0 Å². The molecule has 0 spiro atoms. The summed E-state index contributed by atoms with van der Waals surface area (Å²) in [7, 11) is 0. The van der Waals surface area contributed by atoms with E-state index in [0.717, 1.165) is 22.0 Å². The fourth-order valence-electron chi connectivity index (χ4n) is 1.30. The van der Waals surface area contributed by atoms with Crippen LogP contribution in [0, 0.1) is 0 Å². The zero-order valence-corrected chi connectivity index (χ0v) is 9.10. The molecule has 1 N–H and O–H groups in total. The maximum atomic E-state index is 11.8. The molecule has 84 valence electrons. The Hall–Kier alpha value is -1.43. The maximum absolute atomic E-state index is 11.8. The van der Waals surface area contributed by atoms with Crippen LogP contribution >= 0.6 is 11.8 Å². The van der Waals surface area contributed by atoms with Crippen LogP contribution in [0.4, 0.5) is 8.78 Å². The monoisotopic (exact) mass is 241 g/mol. The lowest BCUT2D eigenvalue weighted by molar-refractivity contribution is 0.418. The Labute approximate surface area is 94.9 Å². The number of hydrogen-bond acceptors (Lipinski definition) is 3. The number of fused-ring (bicyclic) bond motifs is 1. The summed E-state index contributed by atoms with van der Waals surface area (Å²) < 4.78 is 23.6. The van der Waals surface area contributed by atoms with Gasteiger partial charge in [-0.3, -0.25) is 0 Å². The molecule has 1 aromatic carbocycles. The van der Waals surface area contributed by atoms with E-state index in [9.17, 15) is 8.78 Å². The third kappa shape index (κ3) is 2.57. The van der Waals surface area contributed by atoms with Crippen molar-refractivity contribution in [1.82, 2.24) is 15.4 Å². The third-order valence-corrected chi connectivity index (χ3v) is 3.06. The molecule has 0 radical (unpaired) electrons. The fraction of sp³-hybridized carbons (Fsp3) is 0.200. The summed E-state index contributed by atoms with van der Waals surface area (Å²) in [5, 5.41) is 10.5. The van der Waals surface area contributed by atoms with Crippen molar-refractivity contribution in [3.8, 4) is 0 Å². The first-order valence-corrected chi connectivity index (χ1v) is 5.69. The van der Waals surface area contributed by atoms with Crippen LogP contribution in [-0.4, -0.2) is 21.2 Å². The molecular weight excluding hydrogens is 232 g/mol. The molecule has 16 heavy (non-hydrogen) atoms. The van der Waals surface area contributed by atoms with Crippen LogP contribution in [0.3, 0.4) is 0 Å². The molecular formula is C10H9F2N3S. The lowest BCUT2D eigenvalue weighted by Crippen LogP contribution is -1.80. The summed E-state index contributed by atoms with van der Waals surface area (Å²) in [5.74, 6) is 0.601. The number of aromatic nitrogens is 3. The molecule has 0 aliphatic rings. The molecule has 0 amide bonds. The van der Waals surface area contributed by atoms with E-state index in [4.69, 9.17) is 0 Å². The highest BCUT2D eigenvalue weighted by atomic mass is 32.2. The number of aromatic amines is 1. The molecule has 0 saturated carbocycles. The number of benzene rings is 1. The molecule has 2 aromatic rings. The van der Waals surface area contributed by atoms with Gasteiger partial charge in [0.15, 0.2) is 0 Å². The Morgan fingerprint density at radius 2 is 2.25 bits per heavy atom. The van der Waals surface area contributed by atoms with Crippen molar-refractivity contribution in [3.05, 3.63) is 30.4 Å². The highest BCUT2D eigenvalue weighted by molar-refractivity contribution is 7.99. The van der Waals surface area contributed by atoms with Gasteiger partial charge >= 0.3 is 0 Å². The highest BCUT2D eigenvalue weighted by Crippen LogP contribution is 2.25. The van der Waals surface area contributed by atoms with E-state index in [2.05, 4.69) is 15.4 Å². The van der Waals surface area contributed by atoms with Crippen molar-refractivity contribution in [2.45, 2.75) is 11.3 Å². The number of nitrogens with zero attached hydrogens (tertiary/aromatic N) is 2. The zero-order valence-electron chi connectivity index (χ0n) is 8.28. The highest BCUT2D eigenvalue weighted by Gasteiger charge is 2.04. The summed E-state index contributed by atoms with van der Waals surface area (Å²) in [6, 6.07) is 5.63. The van der Waals surface area contributed by atoms with Crippen molar-refractivity contribution < 1.29 is 8.78 Å². The Balaban J connectivity index is 2.04. The summed E-state index contributed by atoms with van der Waals surface area (Å²) in [5.41, 5.74) is 1.58. The number of thioether (sulfide) groups is 1. The number of para-hydroxylation sites is 1. The predicted molar refractivity (Wildman–Crippen MR) is 59.5 cm³/mol. The maximum Gasteiger partial charge on any atom is 0.266 e. The molecule has 0 saturated heterocycles. The van der Waals surface area contributed by atoms with Gasteiger partial charge in [-0.05, 0) is 24.6 Å². The van der Waals surface area contributed by atoms with Crippen LogP contribution in [0.15, 0.2) is 35.3 Å². The van der Waals surface area contributed by atoms with E-state index in [1.165, 1.54) is 11.8 Å². The molecule has 0 aliphatic heterocycles. The van der Waals surface area contributed by atoms with Crippen molar-refractivity contribution in [3.63, 3.8) is 0 Å². The lowest BCUT2D eigenvalue weighted by Gasteiger charge is -1.99. The summed E-state index contributed by atoms with van der Waals surface area (Å²) >= 11 is 1.50. The first-order valence-electron chi connectivity index (χ1n) is 4.71. The average Bonchev–Trinajstić information content (AvgIpc) is 2.72. The van der Waals surface area contributed by atoms with Gasteiger partial charge in [-0.15, -0.1) is 11.8 Å². The molecule has 1 heterocycles. The van der Waals surface area contributed by atoms with Crippen LogP contribution in [0.2, 0.25) is 0 Å². The van der Waals surface area contributed by atoms with Gasteiger partial charge in [0.25, 0.3) is 6.08 Å². The molecule has 0 fully saturated rings. The van der Waals surface area contributed by atoms with E-state index in [-0.39, 0.29) is 0 Å². The number of hydrogen-bond donors (Lipinski definition) is 1. The number of nitrogens with one attached hydrogen (secondary N) is 1. The molecule has 6 heteroatoms. The Bertz CT molecular complexity index is 505. The van der Waals surface area contributed by atoms with Gasteiger partial charge in [0, 0.05) is 10.6 Å². The second-order valence-electron chi connectivity index (χ2n) is 3.08. The topological polar surface area (TPSA) is 41.6 Å². The summed E-state index contributed by atoms with van der Waals surface area (Å²) in [6.07, 6.45) is -0.350. The van der Waals surface area contributed by atoms with Crippen molar-refractivity contribution in [2.24, 2.45) is 0 Å². The number of rotatable bonds is 4. The lowest BCUT2D eigenvalue weighted by atomic mass is 10.3. The van der Waals surface area contributed by atoms with Crippen LogP contribution in [-0.2, 0) is 0 Å². The summed E-state index contributed by atoms with van der Waals surface area (Å²) in [6.45, 7) is 0. The molecule has 1 aromatic heterocycles. The van der Waals surface area contributed by atoms with Crippen LogP contribution in [0.1, 0.15) is 6.42 Å². The molecule has 0 unspecified atom stereocenters. The minimum Gasteiger partial charge on any atom is -0.197 e. The largest absolute Gasteiger partial charge is 0.266 e. The first-order chi connectivity index (χ1) is 7.77. The van der Waals surface area contributed by atoms with Crippen molar-refractivity contribution >= 4 is 22.8 Å². The van der Waals surface area contributed by atoms with Gasteiger partial charge in [-0.1, -0.05) is 6.07 Å². The van der Waals surface area contributed by atoms with Crippen molar-refractivity contribution in [1.29, 1.82) is 0 Å². The van der Waals surface area contributed by atoms with Gasteiger partial charge in [0.1, 0.15) is 11.0 Å². The quantitative estimate of drug-likeness (QED) is 0.660. The SMILES string of the molecule is FC(F)=CCCSc1cccc2n[nH]nc12. The molecule has 0 aliphatic carbocycles. The van der Waals surface area contributed by atoms with Crippen LogP contribution in [0.25, 0.3) is 11.0 Å². The normalized spacial score (nSPS) is 10.6. The number of halogens is 2. The van der Waals surface area contributed by atoms with Gasteiger partial charge in [-0.25, -0.2) is 0 Å². The number of H-pyrrole nitrogens is 1. The minimum absolute atomic E-state index is 0.348. The zero-order chi connectivity index (χ0) is 11.4. The average molecular weight is 241 g/mol. The first kappa shape index (κ1) is 11.1. The molecule has 0 atom stereocenters. The minimum atomic E-state index is -1.62. The third-order valence-electron chi connectivity index (χ3n) is 1.98. The van der Waals surface area contributed by atoms with E-state index in [0.29, 0.717) is 12.2 Å². The van der Waals surface area contributed by atoms with E-state index in [1.807, 2.05) is 18.2 Å². The molecule has 2 rings (SSSR count). The second-order valence-corrected chi connectivity index (χ2v) is 4.22. The van der Waals surface area contributed by atoms with Crippen molar-refractivity contribution in [2.75, 3.05) is 5.75 Å². The van der Waals surface area contributed by atoms with E-state index >= 15 is 0 Å². The smallest absolute Gasteiger partial charge is 0.197 e. The van der Waals surface area contributed by atoms with Gasteiger partial charge in [0.05, 0.1) is 0 Å². The Kier molecular flexibility index (Phi) is 3.51. The van der Waals surface area contributed by atoms with Gasteiger partial charge < -0.3 is 0 Å². The second kappa shape index (κ2) is 5.07. The Morgan fingerprint density at radius 1 is 1.38 bits per heavy atom.